The van der Waals surface area contributed by atoms with Crippen LogP contribution in [0.1, 0.15) is 10.4 Å². The van der Waals surface area contributed by atoms with E-state index in [0.717, 1.165) is 0 Å². The predicted octanol–water partition coefficient (Wildman–Crippen LogP) is 5.15. The molecule has 2 aromatic carbocycles. The number of thiazole rings is 1. The van der Waals surface area contributed by atoms with Crippen molar-refractivity contribution in [1.82, 2.24) is 10.3 Å². The summed E-state index contributed by atoms with van der Waals surface area (Å²) in [4.78, 5) is 27.0. The average molecular weight is 453 g/mol. The molecular weight excluding hydrogens is 443 g/mol. The number of anilines is 1. The third-order valence-electron chi connectivity index (χ3n) is 3.49. The van der Waals surface area contributed by atoms with E-state index in [-0.39, 0.29) is 15.8 Å². The maximum absolute atomic E-state index is 12.2. The molecule has 2 N–H and O–H groups in total. The molecule has 1 amide bonds. The van der Waals surface area contributed by atoms with Crippen LogP contribution < -0.4 is 10.6 Å². The zero-order chi connectivity index (χ0) is 20.3. The van der Waals surface area contributed by atoms with Crippen molar-refractivity contribution < 1.29 is 9.72 Å². The smallest absolute Gasteiger partial charge is 0.270 e. The maximum Gasteiger partial charge on any atom is 0.270 e. The van der Waals surface area contributed by atoms with Gasteiger partial charge in [0.15, 0.2) is 10.2 Å². The Morgan fingerprint density at radius 3 is 2.68 bits per heavy atom. The van der Waals surface area contributed by atoms with Crippen LogP contribution in [0, 0.1) is 10.1 Å². The Bertz CT molecular complexity index is 1090. The number of carbonyl (C=O) groups excluding carboxylic acids is 1. The molecular formula is C17H10Cl2N4O3S2. The minimum Gasteiger partial charge on any atom is -0.308 e. The fourth-order valence-electron chi connectivity index (χ4n) is 2.18. The molecule has 0 atom stereocenters. The predicted molar refractivity (Wildman–Crippen MR) is 114 cm³/mol. The number of halogens is 2. The van der Waals surface area contributed by atoms with E-state index in [1.54, 1.807) is 17.5 Å². The Kier molecular flexibility index (Phi) is 6.20. The lowest BCUT2D eigenvalue weighted by Gasteiger charge is -2.07. The topological polar surface area (TPSA) is 97.2 Å². The highest BCUT2D eigenvalue weighted by atomic mass is 35.5. The molecule has 3 aromatic rings. The number of amides is 1. The fraction of sp³-hybridized carbons (Fsp3) is 0. The molecule has 0 radical (unpaired) electrons. The number of benzene rings is 2. The SMILES string of the molecule is O=C(NC(=S)Nc1nc(-c2cccc([N+](=O)[O-])c2)cs1)c1ccc(Cl)c(Cl)c1. The van der Waals surface area contributed by atoms with Crippen LogP contribution in [0.2, 0.25) is 10.0 Å². The van der Waals surface area contributed by atoms with Crippen LogP contribution in [0.4, 0.5) is 10.8 Å². The van der Waals surface area contributed by atoms with Gasteiger partial charge in [0.25, 0.3) is 11.6 Å². The van der Waals surface area contributed by atoms with E-state index in [9.17, 15) is 14.9 Å². The second kappa shape index (κ2) is 8.61. The molecule has 142 valence electrons. The van der Waals surface area contributed by atoms with E-state index in [1.165, 1.54) is 41.7 Å². The highest BCUT2D eigenvalue weighted by molar-refractivity contribution is 7.80. The number of nitro benzene ring substituents is 1. The molecule has 0 saturated carbocycles. The first-order valence-electron chi connectivity index (χ1n) is 7.61. The van der Waals surface area contributed by atoms with Gasteiger partial charge in [-0.05, 0) is 30.4 Å². The summed E-state index contributed by atoms with van der Waals surface area (Å²) in [5.74, 6) is -0.452. The van der Waals surface area contributed by atoms with Crippen molar-refractivity contribution in [2.75, 3.05) is 5.32 Å². The Labute approximate surface area is 178 Å². The standard InChI is InChI=1S/C17H10Cl2N4O3S2/c18-12-5-4-10(7-13(12)19)15(24)21-16(27)22-17-20-14(8-28-17)9-2-1-3-11(6-9)23(25)26/h1-8H,(H2,20,21,22,24,27). The van der Waals surface area contributed by atoms with E-state index >= 15 is 0 Å². The Balaban J connectivity index is 1.67. The third kappa shape index (κ3) is 4.82. The quantitative estimate of drug-likeness (QED) is 0.322. The van der Waals surface area contributed by atoms with E-state index in [4.69, 9.17) is 35.4 Å². The number of nitro groups is 1. The highest BCUT2D eigenvalue weighted by Crippen LogP contribution is 2.27. The molecule has 0 saturated heterocycles. The van der Waals surface area contributed by atoms with Gasteiger partial charge in [0.2, 0.25) is 0 Å². The van der Waals surface area contributed by atoms with Crippen molar-refractivity contribution in [3.05, 3.63) is 73.6 Å². The van der Waals surface area contributed by atoms with E-state index in [2.05, 4.69) is 15.6 Å². The molecule has 28 heavy (non-hydrogen) atoms. The van der Waals surface area contributed by atoms with Crippen LogP contribution >= 0.6 is 46.8 Å². The van der Waals surface area contributed by atoms with Gasteiger partial charge in [-0.25, -0.2) is 4.98 Å². The fourth-order valence-corrected chi connectivity index (χ4v) is 3.46. The van der Waals surface area contributed by atoms with Crippen LogP contribution in [0.5, 0.6) is 0 Å². The first-order chi connectivity index (χ1) is 13.3. The summed E-state index contributed by atoms with van der Waals surface area (Å²) in [6, 6.07) is 10.6. The third-order valence-corrected chi connectivity index (χ3v) is 5.19. The summed E-state index contributed by atoms with van der Waals surface area (Å²) in [6.07, 6.45) is 0. The van der Waals surface area contributed by atoms with E-state index in [1.807, 2.05) is 0 Å². The number of non-ortho nitro benzene ring substituents is 1. The Morgan fingerprint density at radius 2 is 1.96 bits per heavy atom. The summed E-state index contributed by atoms with van der Waals surface area (Å²) in [5.41, 5.74) is 1.43. The van der Waals surface area contributed by atoms with Crippen molar-refractivity contribution in [3.63, 3.8) is 0 Å². The van der Waals surface area contributed by atoms with Gasteiger partial charge in [-0.15, -0.1) is 11.3 Å². The van der Waals surface area contributed by atoms with Crippen molar-refractivity contribution >= 4 is 68.6 Å². The number of nitrogens with one attached hydrogen (secondary N) is 2. The molecule has 0 aliphatic heterocycles. The van der Waals surface area contributed by atoms with Crippen LogP contribution in [-0.4, -0.2) is 20.9 Å². The van der Waals surface area contributed by atoms with Crippen LogP contribution in [-0.2, 0) is 0 Å². The summed E-state index contributed by atoms with van der Waals surface area (Å²) in [7, 11) is 0. The Morgan fingerprint density at radius 1 is 1.18 bits per heavy atom. The second-order valence-electron chi connectivity index (χ2n) is 5.38. The van der Waals surface area contributed by atoms with Gasteiger partial charge in [-0.3, -0.25) is 20.2 Å². The summed E-state index contributed by atoms with van der Waals surface area (Å²) in [6.45, 7) is 0. The minimum absolute atomic E-state index is 0.0237. The molecule has 0 spiro atoms. The monoisotopic (exact) mass is 452 g/mol. The molecule has 0 unspecified atom stereocenters. The van der Waals surface area contributed by atoms with Gasteiger partial charge < -0.3 is 5.32 Å². The number of hydrogen-bond acceptors (Lipinski definition) is 6. The van der Waals surface area contributed by atoms with Crippen molar-refractivity contribution in [1.29, 1.82) is 0 Å². The van der Waals surface area contributed by atoms with E-state index in [0.29, 0.717) is 27.0 Å². The molecule has 0 bridgehead atoms. The molecule has 11 heteroatoms. The molecule has 0 aliphatic rings. The minimum atomic E-state index is -0.470. The van der Waals surface area contributed by atoms with Gasteiger partial charge in [0, 0.05) is 28.6 Å². The summed E-state index contributed by atoms with van der Waals surface area (Å²) < 4.78 is 0. The average Bonchev–Trinajstić information content (AvgIpc) is 3.12. The number of nitrogens with zero attached hydrogens (tertiary/aromatic N) is 2. The number of thiocarbonyl (C=S) groups is 1. The normalized spacial score (nSPS) is 10.4. The molecule has 1 aromatic heterocycles. The molecule has 3 rings (SSSR count). The van der Waals surface area contributed by atoms with Gasteiger partial charge >= 0.3 is 0 Å². The molecule has 7 nitrogen and oxygen atoms in total. The number of rotatable bonds is 4. The zero-order valence-corrected chi connectivity index (χ0v) is 17.0. The number of carbonyl (C=O) groups is 1. The van der Waals surface area contributed by atoms with Crippen LogP contribution in [0.25, 0.3) is 11.3 Å². The second-order valence-corrected chi connectivity index (χ2v) is 7.46. The number of aromatic nitrogens is 1. The van der Waals surface area contributed by atoms with Gasteiger partial charge in [0.1, 0.15) is 0 Å². The lowest BCUT2D eigenvalue weighted by Crippen LogP contribution is -2.34. The van der Waals surface area contributed by atoms with Gasteiger partial charge in [0.05, 0.1) is 20.7 Å². The lowest BCUT2D eigenvalue weighted by molar-refractivity contribution is -0.384. The zero-order valence-electron chi connectivity index (χ0n) is 13.8. The van der Waals surface area contributed by atoms with Crippen molar-refractivity contribution in [2.45, 2.75) is 0 Å². The molecule has 0 aliphatic carbocycles. The van der Waals surface area contributed by atoms with Crippen LogP contribution in [0.3, 0.4) is 0 Å². The largest absolute Gasteiger partial charge is 0.308 e. The maximum atomic E-state index is 12.2. The van der Waals surface area contributed by atoms with E-state index < -0.39 is 10.8 Å². The Hall–Kier alpha value is -2.59. The number of hydrogen-bond donors (Lipinski definition) is 2. The highest BCUT2D eigenvalue weighted by Gasteiger charge is 2.13. The first kappa shape index (κ1) is 20.2. The van der Waals surface area contributed by atoms with Gasteiger partial charge in [-0.2, -0.15) is 0 Å². The van der Waals surface area contributed by atoms with Crippen molar-refractivity contribution in [2.24, 2.45) is 0 Å². The van der Waals surface area contributed by atoms with Gasteiger partial charge in [-0.1, -0.05) is 35.3 Å². The summed E-state index contributed by atoms with van der Waals surface area (Å²) in [5, 5.41) is 19.0. The molecule has 1 heterocycles. The first-order valence-corrected chi connectivity index (χ1v) is 9.65. The van der Waals surface area contributed by atoms with Crippen LogP contribution in [0.15, 0.2) is 47.8 Å². The molecule has 0 fully saturated rings. The lowest BCUT2D eigenvalue weighted by atomic mass is 10.1. The van der Waals surface area contributed by atoms with Crippen molar-refractivity contribution in [3.8, 4) is 11.3 Å². The summed E-state index contributed by atoms with van der Waals surface area (Å²) >= 11 is 18.1.